The molecule has 0 saturated carbocycles. The van der Waals surface area contributed by atoms with Crippen LogP contribution in [-0.4, -0.2) is 41.5 Å². The summed E-state index contributed by atoms with van der Waals surface area (Å²) < 4.78 is 0. The molecule has 0 radical (unpaired) electrons. The molecule has 0 unspecified atom stereocenters. The second kappa shape index (κ2) is 7.82. The van der Waals surface area contributed by atoms with Crippen LogP contribution in [0.5, 0.6) is 0 Å². The Bertz CT molecular complexity index is 1000. The molecular formula is C21H20N4O2S. The number of para-hydroxylation sites is 1. The van der Waals surface area contributed by atoms with Gasteiger partial charge in [0, 0.05) is 35.4 Å². The van der Waals surface area contributed by atoms with Crippen LogP contribution < -0.4 is 10.2 Å². The molecule has 6 nitrogen and oxygen atoms in total. The van der Waals surface area contributed by atoms with Gasteiger partial charge in [-0.1, -0.05) is 30.3 Å². The van der Waals surface area contributed by atoms with Crippen LogP contribution in [0.3, 0.4) is 0 Å². The molecule has 3 aromatic rings. The van der Waals surface area contributed by atoms with E-state index < -0.39 is 0 Å². The number of amides is 3. The Kier molecular flexibility index (Phi) is 5.08. The molecule has 7 heteroatoms. The van der Waals surface area contributed by atoms with Crippen LogP contribution in [0.2, 0.25) is 0 Å². The predicted molar refractivity (Wildman–Crippen MR) is 112 cm³/mol. The first-order valence-electron chi connectivity index (χ1n) is 9.04. The number of carbonyl (C=O) groups is 2. The van der Waals surface area contributed by atoms with Gasteiger partial charge in [-0.3, -0.25) is 9.69 Å². The van der Waals surface area contributed by atoms with Gasteiger partial charge in [-0.15, -0.1) is 11.3 Å². The molecule has 0 spiro atoms. The molecule has 1 N–H and O–H groups in total. The fourth-order valence-electron chi connectivity index (χ4n) is 3.20. The maximum absolute atomic E-state index is 12.6. The van der Waals surface area contributed by atoms with E-state index in [1.807, 2.05) is 66.9 Å². The van der Waals surface area contributed by atoms with Crippen molar-refractivity contribution in [3.63, 3.8) is 0 Å². The predicted octanol–water partition coefficient (Wildman–Crippen LogP) is 4.00. The number of aryl methyl sites for hydroxylation is 1. The molecule has 4 rings (SSSR count). The summed E-state index contributed by atoms with van der Waals surface area (Å²) in [6.07, 6.45) is 0. The second-order valence-electron chi connectivity index (χ2n) is 6.57. The largest absolute Gasteiger partial charge is 0.325 e. The maximum atomic E-state index is 12.6. The quantitative estimate of drug-likeness (QED) is 0.714. The smallest absolute Gasteiger partial charge is 0.325 e. The molecule has 2 aromatic carbocycles. The average Bonchev–Trinajstić information content (AvgIpc) is 3.29. The summed E-state index contributed by atoms with van der Waals surface area (Å²) in [5.74, 6) is -0.213. The third-order valence-corrected chi connectivity index (χ3v) is 5.33. The van der Waals surface area contributed by atoms with Crippen LogP contribution >= 0.6 is 11.3 Å². The maximum Gasteiger partial charge on any atom is 0.325 e. The van der Waals surface area contributed by atoms with Crippen molar-refractivity contribution in [2.24, 2.45) is 0 Å². The number of thiazole rings is 1. The summed E-state index contributed by atoms with van der Waals surface area (Å²) in [4.78, 5) is 32.8. The summed E-state index contributed by atoms with van der Waals surface area (Å²) in [6.45, 7) is 3.10. The molecule has 1 aliphatic rings. The number of aromatic nitrogens is 1. The van der Waals surface area contributed by atoms with Gasteiger partial charge in [0.1, 0.15) is 6.54 Å². The van der Waals surface area contributed by atoms with Crippen molar-refractivity contribution >= 4 is 34.6 Å². The highest BCUT2D eigenvalue weighted by atomic mass is 32.1. The third kappa shape index (κ3) is 3.89. The van der Waals surface area contributed by atoms with Gasteiger partial charge in [-0.2, -0.15) is 0 Å². The van der Waals surface area contributed by atoms with E-state index in [1.165, 1.54) is 0 Å². The third-order valence-electron chi connectivity index (χ3n) is 4.56. The molecule has 3 amide bonds. The number of anilines is 2. The summed E-state index contributed by atoms with van der Waals surface area (Å²) in [6, 6.07) is 16.9. The molecule has 1 saturated heterocycles. The Morgan fingerprint density at radius 2 is 1.96 bits per heavy atom. The van der Waals surface area contributed by atoms with Crippen molar-refractivity contribution in [1.29, 1.82) is 0 Å². The zero-order valence-electron chi connectivity index (χ0n) is 15.5. The highest BCUT2D eigenvalue weighted by molar-refractivity contribution is 7.09. The zero-order chi connectivity index (χ0) is 19.5. The lowest BCUT2D eigenvalue weighted by Crippen LogP contribution is -2.37. The summed E-state index contributed by atoms with van der Waals surface area (Å²) in [7, 11) is 0. The first kappa shape index (κ1) is 18.2. The van der Waals surface area contributed by atoms with Crippen molar-refractivity contribution in [2.75, 3.05) is 29.9 Å². The molecular weight excluding hydrogens is 372 g/mol. The van der Waals surface area contributed by atoms with Gasteiger partial charge in [0.25, 0.3) is 0 Å². The summed E-state index contributed by atoms with van der Waals surface area (Å²) >= 11 is 1.59. The number of hydrogen-bond donors (Lipinski definition) is 1. The van der Waals surface area contributed by atoms with Gasteiger partial charge >= 0.3 is 6.03 Å². The lowest BCUT2D eigenvalue weighted by atomic mass is 10.1. The first-order valence-corrected chi connectivity index (χ1v) is 9.92. The van der Waals surface area contributed by atoms with Crippen LogP contribution in [0.15, 0.2) is 60.0 Å². The fourth-order valence-corrected chi connectivity index (χ4v) is 3.83. The van der Waals surface area contributed by atoms with E-state index >= 15 is 0 Å². The molecule has 0 aliphatic carbocycles. The van der Waals surface area contributed by atoms with E-state index in [1.54, 1.807) is 21.1 Å². The summed E-state index contributed by atoms with van der Waals surface area (Å²) in [5, 5.41) is 5.88. The molecule has 1 aromatic heterocycles. The number of urea groups is 1. The number of hydrogen-bond acceptors (Lipinski definition) is 4. The van der Waals surface area contributed by atoms with E-state index in [4.69, 9.17) is 0 Å². The molecule has 2 heterocycles. The Morgan fingerprint density at radius 3 is 2.71 bits per heavy atom. The molecule has 28 heavy (non-hydrogen) atoms. The van der Waals surface area contributed by atoms with Crippen LogP contribution in [0.1, 0.15) is 5.01 Å². The summed E-state index contributed by atoms with van der Waals surface area (Å²) in [5.41, 5.74) is 3.39. The topological polar surface area (TPSA) is 65.5 Å². The highest BCUT2D eigenvalue weighted by Crippen LogP contribution is 2.24. The minimum Gasteiger partial charge on any atom is -0.325 e. The van der Waals surface area contributed by atoms with Crippen molar-refractivity contribution in [1.82, 2.24) is 9.88 Å². The minimum atomic E-state index is -0.213. The van der Waals surface area contributed by atoms with Crippen molar-refractivity contribution in [3.8, 4) is 11.3 Å². The number of benzene rings is 2. The molecule has 1 fully saturated rings. The van der Waals surface area contributed by atoms with E-state index in [2.05, 4.69) is 10.3 Å². The van der Waals surface area contributed by atoms with E-state index in [0.29, 0.717) is 18.8 Å². The van der Waals surface area contributed by atoms with Crippen molar-refractivity contribution in [3.05, 3.63) is 65.0 Å². The Balaban J connectivity index is 1.39. The number of rotatable bonds is 5. The zero-order valence-corrected chi connectivity index (χ0v) is 16.3. The van der Waals surface area contributed by atoms with Crippen molar-refractivity contribution < 1.29 is 9.59 Å². The van der Waals surface area contributed by atoms with Crippen LogP contribution in [-0.2, 0) is 4.79 Å². The highest BCUT2D eigenvalue weighted by Gasteiger charge is 2.30. The van der Waals surface area contributed by atoms with Gasteiger partial charge in [0.05, 0.1) is 10.7 Å². The second-order valence-corrected chi connectivity index (χ2v) is 7.63. The number of nitrogens with one attached hydrogen (secondary N) is 1. The lowest BCUT2D eigenvalue weighted by molar-refractivity contribution is -0.116. The molecule has 1 aliphatic heterocycles. The standard InChI is InChI=1S/C21H20N4O2S/c1-15-22-19(14-28-15)16-6-5-7-17(12-16)23-20(26)13-24-10-11-25(21(24)27)18-8-3-2-4-9-18/h2-9,12,14H,10-11,13H2,1H3,(H,23,26). The SMILES string of the molecule is Cc1nc(-c2cccc(NC(=O)CN3CCN(c4ccccc4)C3=O)c2)cs1. The van der Waals surface area contributed by atoms with Crippen LogP contribution in [0.4, 0.5) is 16.2 Å². The van der Waals surface area contributed by atoms with Gasteiger partial charge in [0.15, 0.2) is 0 Å². The minimum absolute atomic E-state index is 0.0300. The van der Waals surface area contributed by atoms with Crippen LogP contribution in [0, 0.1) is 6.92 Å². The van der Waals surface area contributed by atoms with E-state index in [-0.39, 0.29) is 18.5 Å². The molecule has 0 bridgehead atoms. The van der Waals surface area contributed by atoms with Gasteiger partial charge in [0.2, 0.25) is 5.91 Å². The Morgan fingerprint density at radius 1 is 1.14 bits per heavy atom. The number of nitrogens with zero attached hydrogens (tertiary/aromatic N) is 3. The normalized spacial score (nSPS) is 13.8. The Hall–Kier alpha value is -3.19. The van der Waals surface area contributed by atoms with Gasteiger partial charge < -0.3 is 10.2 Å². The lowest BCUT2D eigenvalue weighted by Gasteiger charge is -2.18. The monoisotopic (exact) mass is 392 g/mol. The molecule has 0 atom stereocenters. The van der Waals surface area contributed by atoms with E-state index in [0.717, 1.165) is 22.0 Å². The van der Waals surface area contributed by atoms with Gasteiger partial charge in [-0.05, 0) is 31.2 Å². The van der Waals surface area contributed by atoms with E-state index in [9.17, 15) is 9.59 Å². The van der Waals surface area contributed by atoms with Crippen molar-refractivity contribution in [2.45, 2.75) is 6.92 Å². The fraction of sp³-hybridized carbons (Fsp3) is 0.190. The molecule has 142 valence electrons. The Labute approximate surface area is 167 Å². The first-order chi connectivity index (χ1) is 13.6. The average molecular weight is 392 g/mol. The number of carbonyl (C=O) groups excluding carboxylic acids is 2. The van der Waals surface area contributed by atoms with Crippen LogP contribution in [0.25, 0.3) is 11.3 Å². The van der Waals surface area contributed by atoms with Gasteiger partial charge in [-0.25, -0.2) is 9.78 Å².